The van der Waals surface area contributed by atoms with Gasteiger partial charge in [0.05, 0.1) is 16.9 Å². The Kier molecular flexibility index (Phi) is 4.33. The number of amides is 1. The molecule has 2 heterocycles. The van der Waals surface area contributed by atoms with E-state index in [1.165, 1.54) is 16.8 Å². The highest BCUT2D eigenvalue weighted by atomic mass is 35.5. The number of benzene rings is 2. The van der Waals surface area contributed by atoms with Crippen molar-refractivity contribution in [2.75, 3.05) is 5.32 Å². The summed E-state index contributed by atoms with van der Waals surface area (Å²) in [6.07, 6.45) is 1.72. The van der Waals surface area contributed by atoms with Gasteiger partial charge < -0.3 is 5.32 Å². The maximum absolute atomic E-state index is 13.1. The molecule has 0 saturated heterocycles. The summed E-state index contributed by atoms with van der Waals surface area (Å²) < 4.78 is 14.6. The number of carbonyl (C=O) groups is 1. The Morgan fingerprint density at radius 3 is 2.70 bits per heavy atom. The normalized spacial score (nSPS) is 10.9. The predicted molar refractivity (Wildman–Crippen MR) is 103 cm³/mol. The third-order valence-corrected chi connectivity index (χ3v) is 4.51. The Bertz CT molecular complexity index is 1150. The molecule has 0 aliphatic heterocycles. The Morgan fingerprint density at radius 1 is 1.15 bits per heavy atom. The number of fused-ring (bicyclic) bond motifs is 1. The van der Waals surface area contributed by atoms with Gasteiger partial charge in [0.1, 0.15) is 16.5 Å². The number of aromatic nitrogens is 3. The highest BCUT2D eigenvalue weighted by Crippen LogP contribution is 2.25. The summed E-state index contributed by atoms with van der Waals surface area (Å²) in [6.45, 7) is 1.70. The van der Waals surface area contributed by atoms with Gasteiger partial charge in [0, 0.05) is 17.3 Å². The molecule has 0 atom stereocenters. The van der Waals surface area contributed by atoms with Crippen LogP contribution in [0.25, 0.3) is 16.6 Å². The van der Waals surface area contributed by atoms with Crippen LogP contribution in [0.3, 0.4) is 0 Å². The Balaban J connectivity index is 1.66. The van der Waals surface area contributed by atoms with Gasteiger partial charge in [-0.3, -0.25) is 9.78 Å². The van der Waals surface area contributed by atoms with E-state index in [0.717, 1.165) is 10.9 Å². The molecular formula is C20H14ClFN4O. The van der Waals surface area contributed by atoms with Crippen LogP contribution in [0.1, 0.15) is 16.1 Å². The molecule has 7 heteroatoms. The highest BCUT2D eigenvalue weighted by Gasteiger charge is 2.21. The van der Waals surface area contributed by atoms with Crippen molar-refractivity contribution in [3.8, 4) is 5.69 Å². The van der Waals surface area contributed by atoms with Gasteiger partial charge in [-0.15, -0.1) is 0 Å². The average molecular weight is 381 g/mol. The van der Waals surface area contributed by atoms with Crippen LogP contribution in [0.2, 0.25) is 5.15 Å². The Labute approximate surface area is 159 Å². The van der Waals surface area contributed by atoms with Gasteiger partial charge in [0.15, 0.2) is 0 Å². The van der Waals surface area contributed by atoms with E-state index in [4.69, 9.17) is 11.6 Å². The number of halogens is 2. The number of aryl methyl sites for hydroxylation is 1. The SMILES string of the molecule is Cc1nn(-c2ccc(F)cc2)c(Cl)c1C(=O)Nc1ccc2ncccc2c1. The molecule has 1 amide bonds. The molecule has 0 aliphatic carbocycles. The van der Waals surface area contributed by atoms with Crippen molar-refractivity contribution in [2.45, 2.75) is 6.92 Å². The first-order chi connectivity index (χ1) is 13.0. The topological polar surface area (TPSA) is 59.8 Å². The number of hydrogen-bond donors (Lipinski definition) is 1. The number of anilines is 1. The Morgan fingerprint density at radius 2 is 1.93 bits per heavy atom. The van der Waals surface area contributed by atoms with Gasteiger partial charge in [-0.1, -0.05) is 17.7 Å². The minimum atomic E-state index is -0.367. The lowest BCUT2D eigenvalue weighted by Gasteiger charge is -2.07. The molecule has 4 rings (SSSR count). The molecule has 2 aromatic carbocycles. The molecule has 0 aliphatic rings. The molecule has 27 heavy (non-hydrogen) atoms. The lowest BCUT2D eigenvalue weighted by molar-refractivity contribution is 0.102. The second-order valence-electron chi connectivity index (χ2n) is 6.00. The first-order valence-electron chi connectivity index (χ1n) is 8.20. The van der Waals surface area contributed by atoms with Crippen LogP contribution < -0.4 is 5.32 Å². The van der Waals surface area contributed by atoms with Crippen molar-refractivity contribution in [1.82, 2.24) is 14.8 Å². The first kappa shape index (κ1) is 17.2. The second kappa shape index (κ2) is 6.81. The van der Waals surface area contributed by atoms with Crippen molar-refractivity contribution in [3.05, 3.63) is 83.0 Å². The first-order valence-corrected chi connectivity index (χ1v) is 8.58. The van der Waals surface area contributed by atoms with Crippen LogP contribution in [0.4, 0.5) is 10.1 Å². The molecule has 0 bridgehead atoms. The number of nitrogens with zero attached hydrogens (tertiary/aromatic N) is 3. The zero-order chi connectivity index (χ0) is 19.0. The third kappa shape index (κ3) is 3.27. The predicted octanol–water partition coefficient (Wildman–Crippen LogP) is 4.77. The molecule has 1 N–H and O–H groups in total. The molecule has 0 spiro atoms. The fourth-order valence-electron chi connectivity index (χ4n) is 2.86. The highest BCUT2D eigenvalue weighted by molar-refractivity contribution is 6.34. The standard InChI is InChI=1S/C20H14ClFN4O/c1-12-18(19(21)26(25-12)16-7-4-14(22)5-8-16)20(27)24-15-6-9-17-13(11-15)3-2-10-23-17/h2-11H,1H3,(H,24,27). The van der Waals surface area contributed by atoms with Crippen molar-refractivity contribution >= 4 is 34.1 Å². The van der Waals surface area contributed by atoms with Crippen molar-refractivity contribution in [3.63, 3.8) is 0 Å². The number of carbonyl (C=O) groups excluding carboxylic acids is 1. The average Bonchev–Trinajstić information content (AvgIpc) is 2.96. The fourth-order valence-corrected chi connectivity index (χ4v) is 3.22. The van der Waals surface area contributed by atoms with Crippen LogP contribution >= 0.6 is 11.6 Å². The number of rotatable bonds is 3. The Hall–Kier alpha value is -3.25. The minimum Gasteiger partial charge on any atom is -0.322 e. The largest absolute Gasteiger partial charge is 0.322 e. The third-order valence-electron chi connectivity index (χ3n) is 4.16. The summed E-state index contributed by atoms with van der Waals surface area (Å²) in [5, 5.41) is 8.24. The van der Waals surface area contributed by atoms with Gasteiger partial charge in [0.25, 0.3) is 5.91 Å². The lowest BCUT2D eigenvalue weighted by atomic mass is 10.2. The molecule has 0 fully saturated rings. The summed E-state index contributed by atoms with van der Waals surface area (Å²) in [4.78, 5) is 17.0. The quantitative estimate of drug-likeness (QED) is 0.556. The van der Waals surface area contributed by atoms with E-state index >= 15 is 0 Å². The summed E-state index contributed by atoms with van der Waals surface area (Å²) in [7, 11) is 0. The van der Waals surface area contributed by atoms with E-state index < -0.39 is 0 Å². The molecule has 0 saturated carbocycles. The van der Waals surface area contributed by atoms with Crippen molar-refractivity contribution in [1.29, 1.82) is 0 Å². The summed E-state index contributed by atoms with van der Waals surface area (Å²) in [5.41, 5.74) is 2.79. The molecule has 134 valence electrons. The fraction of sp³-hybridized carbons (Fsp3) is 0.0500. The molecule has 4 aromatic rings. The van der Waals surface area contributed by atoms with Crippen molar-refractivity contribution < 1.29 is 9.18 Å². The number of hydrogen-bond acceptors (Lipinski definition) is 3. The smallest absolute Gasteiger partial charge is 0.260 e. The van der Waals surface area contributed by atoms with E-state index in [-0.39, 0.29) is 22.4 Å². The van der Waals surface area contributed by atoms with Crippen LogP contribution in [0, 0.1) is 12.7 Å². The van der Waals surface area contributed by atoms with Gasteiger partial charge in [-0.25, -0.2) is 9.07 Å². The van der Waals surface area contributed by atoms with Gasteiger partial charge in [-0.05, 0) is 55.5 Å². The maximum atomic E-state index is 13.1. The van der Waals surface area contributed by atoms with Gasteiger partial charge >= 0.3 is 0 Å². The zero-order valence-corrected chi connectivity index (χ0v) is 15.0. The van der Waals surface area contributed by atoms with E-state index in [1.807, 2.05) is 24.3 Å². The molecular weight excluding hydrogens is 367 g/mol. The molecule has 2 aromatic heterocycles. The van der Waals surface area contributed by atoms with Crippen LogP contribution in [0.5, 0.6) is 0 Å². The second-order valence-corrected chi connectivity index (χ2v) is 6.36. The number of nitrogens with one attached hydrogen (secondary N) is 1. The van der Waals surface area contributed by atoms with Crippen LogP contribution in [-0.2, 0) is 0 Å². The number of pyridine rings is 1. The lowest BCUT2D eigenvalue weighted by Crippen LogP contribution is -2.13. The minimum absolute atomic E-state index is 0.166. The zero-order valence-electron chi connectivity index (χ0n) is 14.3. The monoisotopic (exact) mass is 380 g/mol. The maximum Gasteiger partial charge on any atom is 0.260 e. The summed E-state index contributed by atoms with van der Waals surface area (Å²) in [6, 6.07) is 14.9. The van der Waals surface area contributed by atoms with Gasteiger partial charge in [-0.2, -0.15) is 5.10 Å². The molecule has 0 unspecified atom stereocenters. The molecule has 5 nitrogen and oxygen atoms in total. The van der Waals surface area contributed by atoms with Crippen LogP contribution in [-0.4, -0.2) is 20.7 Å². The van der Waals surface area contributed by atoms with E-state index in [9.17, 15) is 9.18 Å². The van der Waals surface area contributed by atoms with E-state index in [0.29, 0.717) is 17.1 Å². The molecule has 0 radical (unpaired) electrons. The van der Waals surface area contributed by atoms with Crippen LogP contribution in [0.15, 0.2) is 60.8 Å². The van der Waals surface area contributed by atoms with Crippen molar-refractivity contribution in [2.24, 2.45) is 0 Å². The van der Waals surface area contributed by atoms with Gasteiger partial charge in [0.2, 0.25) is 0 Å². The van der Waals surface area contributed by atoms with E-state index in [1.54, 1.807) is 31.3 Å². The van der Waals surface area contributed by atoms with E-state index in [2.05, 4.69) is 15.4 Å². The summed E-state index contributed by atoms with van der Waals surface area (Å²) in [5.74, 6) is -0.725. The summed E-state index contributed by atoms with van der Waals surface area (Å²) >= 11 is 6.40.